The molecule has 0 N–H and O–H groups in total. The minimum atomic E-state index is -3.03. The molecule has 216 valence electrons. The fraction of sp³-hybridized carbons (Fsp3) is 0. The Morgan fingerprint density at radius 2 is 1.15 bits per heavy atom. The first-order valence-electron chi connectivity index (χ1n) is 15.5. The molecule has 3 heterocycles. The van der Waals surface area contributed by atoms with Crippen molar-refractivity contribution < 1.29 is 8.98 Å². The van der Waals surface area contributed by atoms with Crippen molar-refractivity contribution in [3.63, 3.8) is 0 Å². The van der Waals surface area contributed by atoms with Gasteiger partial charge in [-0.2, -0.15) is 0 Å². The molecule has 1 aliphatic heterocycles. The van der Waals surface area contributed by atoms with E-state index in [-0.39, 0.29) is 0 Å². The number of furan rings is 1. The third-order valence-corrected chi connectivity index (χ3v) is 12.8. The highest BCUT2D eigenvalue weighted by Crippen LogP contribution is 2.53. The minimum absolute atomic E-state index is 0.876. The van der Waals surface area contributed by atoms with Crippen LogP contribution in [0.5, 0.6) is 0 Å². The molecule has 7 aromatic carbocycles. The summed E-state index contributed by atoms with van der Waals surface area (Å²) in [6, 6.07) is 54.6. The van der Waals surface area contributed by atoms with Gasteiger partial charge in [0.25, 0.3) is 0 Å². The molecule has 9 aromatic rings. The van der Waals surface area contributed by atoms with Gasteiger partial charge in [-0.25, -0.2) is 0 Å². The molecule has 0 saturated heterocycles. The fourth-order valence-electron chi connectivity index (χ4n) is 7.49. The van der Waals surface area contributed by atoms with Gasteiger partial charge in [0.1, 0.15) is 11.2 Å². The summed E-state index contributed by atoms with van der Waals surface area (Å²) < 4.78 is 23.7. The van der Waals surface area contributed by atoms with Gasteiger partial charge < -0.3 is 13.5 Å². The first-order valence-corrected chi connectivity index (χ1v) is 17.2. The highest BCUT2D eigenvalue weighted by atomic mass is 31.2. The summed E-state index contributed by atoms with van der Waals surface area (Å²) in [5, 5.41) is 7.25. The predicted octanol–water partition coefficient (Wildman–Crippen LogP) is 9.97. The van der Waals surface area contributed by atoms with Crippen LogP contribution in [0.2, 0.25) is 0 Å². The molecule has 1 unspecified atom stereocenters. The van der Waals surface area contributed by atoms with Crippen LogP contribution in [0.4, 0.5) is 0 Å². The van der Waals surface area contributed by atoms with Crippen LogP contribution in [0, 0.1) is 0 Å². The predicted molar refractivity (Wildman–Crippen MR) is 192 cm³/mol. The number of hydrogen-bond donors (Lipinski definition) is 0. The zero-order valence-corrected chi connectivity index (χ0v) is 25.6. The second-order valence-electron chi connectivity index (χ2n) is 12.1. The zero-order valence-electron chi connectivity index (χ0n) is 24.7. The Morgan fingerprint density at radius 1 is 0.457 bits per heavy atom. The molecule has 0 bridgehead atoms. The van der Waals surface area contributed by atoms with Crippen LogP contribution in [-0.4, -0.2) is 4.57 Å². The summed E-state index contributed by atoms with van der Waals surface area (Å²) in [6.45, 7) is 0. The lowest BCUT2D eigenvalue weighted by molar-refractivity contribution is 0.593. The molecule has 0 amide bonds. The van der Waals surface area contributed by atoms with E-state index >= 15 is 4.57 Å². The summed E-state index contributed by atoms with van der Waals surface area (Å²) in [4.78, 5) is 0. The van der Waals surface area contributed by atoms with E-state index in [0.717, 1.165) is 87.6 Å². The lowest BCUT2D eigenvalue weighted by Gasteiger charge is -2.16. The number of para-hydroxylation sites is 2. The van der Waals surface area contributed by atoms with Crippen LogP contribution in [0.15, 0.2) is 162 Å². The lowest BCUT2D eigenvalue weighted by Crippen LogP contribution is -2.20. The van der Waals surface area contributed by atoms with Crippen LogP contribution in [0.25, 0.3) is 71.7 Å². The van der Waals surface area contributed by atoms with Gasteiger partial charge >= 0.3 is 0 Å². The van der Waals surface area contributed by atoms with Crippen molar-refractivity contribution in [3.05, 3.63) is 158 Å². The van der Waals surface area contributed by atoms with Crippen molar-refractivity contribution in [2.75, 3.05) is 0 Å². The van der Waals surface area contributed by atoms with Crippen LogP contribution >= 0.6 is 7.14 Å². The molecule has 46 heavy (non-hydrogen) atoms. The Bertz CT molecular complexity index is 2720. The fourth-order valence-corrected chi connectivity index (χ4v) is 10.6. The molecule has 10 rings (SSSR count). The highest BCUT2D eigenvalue weighted by Gasteiger charge is 2.40. The molecule has 3 nitrogen and oxygen atoms in total. The van der Waals surface area contributed by atoms with Crippen molar-refractivity contribution in [3.8, 4) is 27.9 Å². The smallest absolute Gasteiger partial charge is 0.172 e. The summed E-state index contributed by atoms with van der Waals surface area (Å²) in [5.74, 6) is 0. The summed E-state index contributed by atoms with van der Waals surface area (Å²) in [7, 11) is -3.03. The topological polar surface area (TPSA) is 35.1 Å². The normalized spacial score (nSPS) is 15.6. The van der Waals surface area contributed by atoms with Gasteiger partial charge in [-0.1, -0.05) is 109 Å². The third-order valence-electron chi connectivity index (χ3n) is 9.62. The Hall–Kier alpha value is -5.63. The van der Waals surface area contributed by atoms with Crippen molar-refractivity contribution in [2.45, 2.75) is 0 Å². The second kappa shape index (κ2) is 9.44. The summed E-state index contributed by atoms with van der Waals surface area (Å²) >= 11 is 0. The van der Waals surface area contributed by atoms with Gasteiger partial charge in [0.05, 0.1) is 11.0 Å². The number of rotatable bonds is 3. The van der Waals surface area contributed by atoms with E-state index in [1.165, 1.54) is 0 Å². The molecular formula is C42H26NO2P. The number of fused-ring (bicyclic) bond motifs is 9. The van der Waals surface area contributed by atoms with E-state index in [1.807, 2.05) is 66.7 Å². The quantitative estimate of drug-likeness (QED) is 0.187. The van der Waals surface area contributed by atoms with Gasteiger partial charge in [-0.3, -0.25) is 0 Å². The third kappa shape index (κ3) is 3.46. The van der Waals surface area contributed by atoms with Crippen LogP contribution in [-0.2, 0) is 4.57 Å². The minimum Gasteiger partial charge on any atom is -0.456 e. The first-order chi connectivity index (χ1) is 22.7. The lowest BCUT2D eigenvalue weighted by atomic mass is 10.0. The largest absolute Gasteiger partial charge is 0.456 e. The molecule has 4 heteroatoms. The molecule has 1 aliphatic rings. The average molecular weight is 608 g/mol. The maximum absolute atomic E-state index is 15.2. The Kier molecular flexibility index (Phi) is 5.27. The Morgan fingerprint density at radius 3 is 2.02 bits per heavy atom. The average Bonchev–Trinajstić information content (AvgIpc) is 3.74. The Balaban J connectivity index is 1.16. The van der Waals surface area contributed by atoms with Gasteiger partial charge in [-0.05, 0) is 70.8 Å². The summed E-state index contributed by atoms with van der Waals surface area (Å²) in [5.41, 5.74) is 9.47. The molecule has 2 aromatic heterocycles. The zero-order chi connectivity index (χ0) is 30.4. The summed E-state index contributed by atoms with van der Waals surface area (Å²) in [6.07, 6.45) is 0. The number of aromatic nitrogens is 1. The molecule has 0 spiro atoms. The van der Waals surface area contributed by atoms with Gasteiger partial charge in [-0.15, -0.1) is 0 Å². The van der Waals surface area contributed by atoms with Crippen molar-refractivity contribution in [2.24, 2.45) is 0 Å². The van der Waals surface area contributed by atoms with E-state index in [9.17, 15) is 0 Å². The van der Waals surface area contributed by atoms with E-state index in [4.69, 9.17) is 4.42 Å². The highest BCUT2D eigenvalue weighted by molar-refractivity contribution is 7.86. The maximum atomic E-state index is 15.2. The molecule has 0 aliphatic carbocycles. The van der Waals surface area contributed by atoms with E-state index in [0.29, 0.717) is 0 Å². The second-order valence-corrected chi connectivity index (χ2v) is 14.8. The van der Waals surface area contributed by atoms with E-state index in [1.54, 1.807) is 0 Å². The first kappa shape index (κ1) is 25.7. The van der Waals surface area contributed by atoms with Crippen molar-refractivity contribution in [1.29, 1.82) is 0 Å². The monoisotopic (exact) mass is 607 g/mol. The van der Waals surface area contributed by atoms with Crippen LogP contribution in [0.3, 0.4) is 0 Å². The van der Waals surface area contributed by atoms with E-state index in [2.05, 4.69) is 95.6 Å². The van der Waals surface area contributed by atoms with Gasteiger partial charge in [0.15, 0.2) is 7.14 Å². The Labute approximate surface area is 265 Å². The standard InChI is InChI=1S/C42H26NO2P/c44-46(30-10-2-1-3-11-30)41-17-9-6-14-34(41)36-25-38-35(26-42(36)46)31-12-4-7-15-37(31)43(38)29-21-18-27(19-22-29)28-20-23-33-32-13-5-8-16-39(32)45-40(33)24-28/h1-26H. The SMILES string of the molecule is O=P1(c2ccccc2)c2ccccc2-c2cc3c(cc21)c1ccccc1n3-c1ccc(-c2ccc3c(c2)oc2ccccc23)cc1. The maximum Gasteiger partial charge on any atom is 0.172 e. The van der Waals surface area contributed by atoms with Crippen molar-refractivity contribution in [1.82, 2.24) is 4.57 Å². The van der Waals surface area contributed by atoms with Crippen LogP contribution in [0.1, 0.15) is 0 Å². The number of benzene rings is 7. The molecule has 0 fully saturated rings. The molecular weight excluding hydrogens is 581 g/mol. The molecule has 0 saturated carbocycles. The molecule has 0 radical (unpaired) electrons. The number of nitrogens with zero attached hydrogens (tertiary/aromatic N) is 1. The number of hydrogen-bond acceptors (Lipinski definition) is 2. The van der Waals surface area contributed by atoms with Gasteiger partial charge in [0, 0.05) is 43.1 Å². The van der Waals surface area contributed by atoms with Gasteiger partial charge in [0.2, 0.25) is 0 Å². The van der Waals surface area contributed by atoms with Crippen LogP contribution < -0.4 is 15.9 Å². The van der Waals surface area contributed by atoms with Crippen molar-refractivity contribution >= 4 is 66.8 Å². The van der Waals surface area contributed by atoms with E-state index < -0.39 is 7.14 Å². The molecule has 1 atom stereocenters.